The standard InChI is InChI=1S/C9H9FO2S/c1-5-7(10)3-6(4-8(5)13)9(11)12-2/h3-4,13H,1-2H3. The highest BCUT2D eigenvalue weighted by Gasteiger charge is 2.10. The Labute approximate surface area is 81.1 Å². The molecule has 0 aliphatic carbocycles. The van der Waals surface area contributed by atoms with Gasteiger partial charge in [-0.05, 0) is 24.6 Å². The van der Waals surface area contributed by atoms with Crippen LogP contribution >= 0.6 is 12.6 Å². The zero-order valence-corrected chi connectivity index (χ0v) is 8.19. The maximum Gasteiger partial charge on any atom is 0.337 e. The van der Waals surface area contributed by atoms with Crippen LogP contribution in [0.25, 0.3) is 0 Å². The predicted octanol–water partition coefficient (Wildman–Crippen LogP) is 2.21. The van der Waals surface area contributed by atoms with Gasteiger partial charge in [-0.1, -0.05) is 0 Å². The van der Waals surface area contributed by atoms with E-state index >= 15 is 0 Å². The first kappa shape index (κ1) is 10.1. The van der Waals surface area contributed by atoms with Crippen LogP contribution in [0.5, 0.6) is 0 Å². The van der Waals surface area contributed by atoms with Gasteiger partial charge in [0.15, 0.2) is 0 Å². The van der Waals surface area contributed by atoms with Crippen LogP contribution in [0.4, 0.5) is 4.39 Å². The van der Waals surface area contributed by atoms with Gasteiger partial charge in [0.1, 0.15) is 5.82 Å². The number of methoxy groups -OCH3 is 1. The molecular weight excluding hydrogens is 191 g/mol. The van der Waals surface area contributed by atoms with E-state index in [2.05, 4.69) is 17.4 Å². The highest BCUT2D eigenvalue weighted by Crippen LogP contribution is 2.19. The van der Waals surface area contributed by atoms with Crippen molar-refractivity contribution in [3.05, 3.63) is 29.1 Å². The molecule has 0 saturated heterocycles. The van der Waals surface area contributed by atoms with Gasteiger partial charge in [-0.25, -0.2) is 9.18 Å². The van der Waals surface area contributed by atoms with Crippen LogP contribution in [0.3, 0.4) is 0 Å². The number of hydrogen-bond acceptors (Lipinski definition) is 3. The van der Waals surface area contributed by atoms with E-state index in [0.29, 0.717) is 10.5 Å². The molecule has 0 aliphatic heterocycles. The molecule has 0 N–H and O–H groups in total. The topological polar surface area (TPSA) is 26.3 Å². The Hall–Kier alpha value is -1.03. The van der Waals surface area contributed by atoms with Gasteiger partial charge in [0, 0.05) is 4.90 Å². The van der Waals surface area contributed by atoms with Crippen molar-refractivity contribution in [2.75, 3.05) is 7.11 Å². The predicted molar refractivity (Wildman–Crippen MR) is 49.7 cm³/mol. The minimum absolute atomic E-state index is 0.176. The monoisotopic (exact) mass is 200 g/mol. The second-order valence-electron chi connectivity index (χ2n) is 2.59. The molecule has 1 rings (SSSR count). The Morgan fingerprint density at radius 3 is 2.62 bits per heavy atom. The summed E-state index contributed by atoms with van der Waals surface area (Å²) in [6, 6.07) is 2.62. The number of hydrogen-bond donors (Lipinski definition) is 1. The Balaban J connectivity index is 3.20. The van der Waals surface area contributed by atoms with Gasteiger partial charge in [0.2, 0.25) is 0 Å². The van der Waals surface area contributed by atoms with Gasteiger partial charge in [-0.3, -0.25) is 0 Å². The second kappa shape index (κ2) is 3.79. The molecule has 4 heteroatoms. The van der Waals surface area contributed by atoms with Crippen LogP contribution in [-0.2, 0) is 4.74 Å². The van der Waals surface area contributed by atoms with Crippen molar-refractivity contribution >= 4 is 18.6 Å². The van der Waals surface area contributed by atoms with E-state index in [4.69, 9.17) is 0 Å². The summed E-state index contributed by atoms with van der Waals surface area (Å²) in [5.41, 5.74) is 0.603. The molecule has 0 aromatic heterocycles. The summed E-state index contributed by atoms with van der Waals surface area (Å²) >= 11 is 4.02. The van der Waals surface area contributed by atoms with Gasteiger partial charge in [-0.2, -0.15) is 0 Å². The smallest absolute Gasteiger partial charge is 0.337 e. The van der Waals surface area contributed by atoms with E-state index in [9.17, 15) is 9.18 Å². The van der Waals surface area contributed by atoms with Gasteiger partial charge in [0.05, 0.1) is 12.7 Å². The van der Waals surface area contributed by atoms with Crippen molar-refractivity contribution in [2.24, 2.45) is 0 Å². The first-order valence-electron chi connectivity index (χ1n) is 3.63. The Kier molecular flexibility index (Phi) is 2.93. The molecule has 0 amide bonds. The molecule has 0 fully saturated rings. The lowest BCUT2D eigenvalue weighted by Crippen LogP contribution is -2.02. The van der Waals surface area contributed by atoms with E-state index in [-0.39, 0.29) is 5.56 Å². The molecule has 0 bridgehead atoms. The quantitative estimate of drug-likeness (QED) is 0.555. The number of carbonyl (C=O) groups excluding carboxylic acids is 1. The summed E-state index contributed by atoms with van der Waals surface area (Å²) in [6.45, 7) is 1.60. The lowest BCUT2D eigenvalue weighted by atomic mass is 10.1. The number of esters is 1. The number of ether oxygens (including phenoxy) is 1. The second-order valence-corrected chi connectivity index (χ2v) is 3.08. The maximum absolute atomic E-state index is 13.1. The average Bonchev–Trinajstić information content (AvgIpc) is 2.12. The fraction of sp³-hybridized carbons (Fsp3) is 0.222. The number of carbonyl (C=O) groups is 1. The first-order chi connectivity index (χ1) is 6.06. The zero-order valence-electron chi connectivity index (χ0n) is 7.30. The normalized spacial score (nSPS) is 9.85. The lowest BCUT2D eigenvalue weighted by Gasteiger charge is -2.04. The number of halogens is 1. The Bertz CT molecular complexity index is 326. The molecule has 0 atom stereocenters. The third-order valence-electron chi connectivity index (χ3n) is 1.74. The van der Waals surface area contributed by atoms with E-state index in [1.54, 1.807) is 6.92 Å². The van der Waals surface area contributed by atoms with Crippen molar-refractivity contribution in [1.29, 1.82) is 0 Å². The molecule has 1 aromatic carbocycles. The molecule has 0 saturated carbocycles. The molecule has 1 aromatic rings. The molecule has 13 heavy (non-hydrogen) atoms. The van der Waals surface area contributed by atoms with Crippen molar-refractivity contribution in [1.82, 2.24) is 0 Å². The SMILES string of the molecule is COC(=O)c1cc(F)c(C)c(S)c1. The summed E-state index contributed by atoms with van der Waals surface area (Å²) < 4.78 is 17.5. The van der Waals surface area contributed by atoms with Crippen LogP contribution in [0.1, 0.15) is 15.9 Å². The van der Waals surface area contributed by atoms with Gasteiger partial charge < -0.3 is 4.74 Å². The summed E-state index contributed by atoms with van der Waals surface area (Å²) in [5, 5.41) is 0. The maximum atomic E-state index is 13.1. The number of rotatable bonds is 1. The molecular formula is C9H9FO2S. The van der Waals surface area contributed by atoms with E-state index in [1.807, 2.05) is 0 Å². The van der Waals surface area contributed by atoms with Crippen LogP contribution in [0, 0.1) is 12.7 Å². The highest BCUT2D eigenvalue weighted by atomic mass is 32.1. The Morgan fingerprint density at radius 2 is 2.15 bits per heavy atom. The number of thiol groups is 1. The minimum Gasteiger partial charge on any atom is -0.465 e. The van der Waals surface area contributed by atoms with Crippen LogP contribution < -0.4 is 0 Å². The van der Waals surface area contributed by atoms with E-state index < -0.39 is 11.8 Å². The Morgan fingerprint density at radius 1 is 1.54 bits per heavy atom. The summed E-state index contributed by atoms with van der Waals surface area (Å²) in [7, 11) is 1.25. The molecule has 0 unspecified atom stereocenters. The zero-order chi connectivity index (χ0) is 10.0. The fourth-order valence-electron chi connectivity index (χ4n) is 0.900. The highest BCUT2D eigenvalue weighted by molar-refractivity contribution is 7.80. The average molecular weight is 200 g/mol. The third kappa shape index (κ3) is 2.01. The van der Waals surface area contributed by atoms with Gasteiger partial charge in [0.25, 0.3) is 0 Å². The van der Waals surface area contributed by atoms with Gasteiger partial charge >= 0.3 is 5.97 Å². The number of benzene rings is 1. The van der Waals surface area contributed by atoms with Crippen molar-refractivity contribution < 1.29 is 13.9 Å². The van der Waals surface area contributed by atoms with Crippen molar-refractivity contribution in [3.63, 3.8) is 0 Å². The van der Waals surface area contributed by atoms with Crippen molar-refractivity contribution in [3.8, 4) is 0 Å². The molecule has 70 valence electrons. The minimum atomic E-state index is -0.561. The molecule has 0 heterocycles. The fourth-order valence-corrected chi connectivity index (χ4v) is 1.15. The largest absolute Gasteiger partial charge is 0.465 e. The molecule has 2 nitrogen and oxygen atoms in total. The molecule has 0 spiro atoms. The lowest BCUT2D eigenvalue weighted by molar-refractivity contribution is 0.0600. The van der Waals surface area contributed by atoms with E-state index in [1.165, 1.54) is 13.2 Å². The van der Waals surface area contributed by atoms with Crippen LogP contribution in [-0.4, -0.2) is 13.1 Å². The summed E-state index contributed by atoms with van der Waals surface area (Å²) in [4.78, 5) is 11.5. The van der Waals surface area contributed by atoms with Crippen molar-refractivity contribution in [2.45, 2.75) is 11.8 Å². The summed E-state index contributed by atoms with van der Waals surface area (Å²) in [6.07, 6.45) is 0. The van der Waals surface area contributed by atoms with Gasteiger partial charge in [-0.15, -0.1) is 12.6 Å². The van der Waals surface area contributed by atoms with Crippen LogP contribution in [0.2, 0.25) is 0 Å². The first-order valence-corrected chi connectivity index (χ1v) is 4.08. The van der Waals surface area contributed by atoms with Crippen LogP contribution in [0.15, 0.2) is 17.0 Å². The molecule has 0 radical (unpaired) electrons. The summed E-state index contributed by atoms with van der Waals surface area (Å²) in [5.74, 6) is -1.01. The third-order valence-corrected chi connectivity index (χ3v) is 2.20. The molecule has 0 aliphatic rings. The van der Waals surface area contributed by atoms with E-state index in [0.717, 1.165) is 6.07 Å².